The third kappa shape index (κ3) is 4.21. The van der Waals surface area contributed by atoms with Gasteiger partial charge in [-0.3, -0.25) is 9.69 Å². The molecule has 5 nitrogen and oxygen atoms in total. The van der Waals surface area contributed by atoms with Gasteiger partial charge in [0.15, 0.2) is 6.61 Å². The molecule has 4 N–H and O–H groups in total. The fourth-order valence-electron chi connectivity index (χ4n) is 2.46. The van der Waals surface area contributed by atoms with Gasteiger partial charge in [0, 0.05) is 19.1 Å². The summed E-state index contributed by atoms with van der Waals surface area (Å²) in [6.07, 6.45) is 2.60. The van der Waals surface area contributed by atoms with Gasteiger partial charge < -0.3 is 16.2 Å². The van der Waals surface area contributed by atoms with Crippen molar-refractivity contribution in [2.45, 2.75) is 25.4 Å². The van der Waals surface area contributed by atoms with Crippen LogP contribution < -0.4 is 16.2 Å². The summed E-state index contributed by atoms with van der Waals surface area (Å²) in [6, 6.07) is 8.21. The van der Waals surface area contributed by atoms with E-state index in [9.17, 15) is 4.79 Å². The molecule has 0 aromatic heterocycles. The number of hydrogen-bond donors (Lipinski definition) is 2. The number of primary amides is 1. The summed E-state index contributed by atoms with van der Waals surface area (Å²) in [6.45, 7) is 1.49. The van der Waals surface area contributed by atoms with Crippen molar-refractivity contribution in [1.29, 1.82) is 0 Å². The number of nitrogens with two attached hydrogens (primary N) is 2. The van der Waals surface area contributed by atoms with Crippen LogP contribution >= 0.6 is 0 Å². The summed E-state index contributed by atoms with van der Waals surface area (Å²) in [4.78, 5) is 13.0. The molecule has 0 aliphatic heterocycles. The average Bonchev–Trinajstić information content (AvgIpc) is 3.23. The molecule has 5 heteroatoms. The SMILES string of the molecule is CN(Cc1ccc(OCC(N)=O)cc1)C(CN)C1CC1. The molecule has 1 amide bonds. The lowest BCUT2D eigenvalue weighted by Crippen LogP contribution is -2.39. The fraction of sp³-hybridized carbons (Fsp3) is 0.533. The van der Waals surface area contributed by atoms with Gasteiger partial charge in [-0.05, 0) is 43.5 Å². The van der Waals surface area contributed by atoms with Crippen molar-refractivity contribution in [1.82, 2.24) is 4.90 Å². The molecular formula is C15H23N3O2. The number of carbonyl (C=O) groups is 1. The fourth-order valence-corrected chi connectivity index (χ4v) is 2.46. The minimum Gasteiger partial charge on any atom is -0.484 e. The van der Waals surface area contributed by atoms with E-state index in [-0.39, 0.29) is 6.61 Å². The van der Waals surface area contributed by atoms with Crippen molar-refractivity contribution in [3.63, 3.8) is 0 Å². The number of benzene rings is 1. The summed E-state index contributed by atoms with van der Waals surface area (Å²) in [7, 11) is 2.12. The van der Waals surface area contributed by atoms with Crippen LogP contribution in [0.15, 0.2) is 24.3 Å². The van der Waals surface area contributed by atoms with Crippen molar-refractivity contribution in [2.75, 3.05) is 20.2 Å². The quantitative estimate of drug-likeness (QED) is 0.733. The summed E-state index contributed by atoms with van der Waals surface area (Å²) in [5.74, 6) is 0.958. The topological polar surface area (TPSA) is 81.6 Å². The van der Waals surface area contributed by atoms with E-state index >= 15 is 0 Å². The van der Waals surface area contributed by atoms with E-state index in [1.165, 1.54) is 18.4 Å². The van der Waals surface area contributed by atoms with Crippen molar-refractivity contribution < 1.29 is 9.53 Å². The first-order valence-corrected chi connectivity index (χ1v) is 7.00. The molecule has 2 rings (SSSR count). The minimum absolute atomic E-state index is 0.0871. The second kappa shape index (κ2) is 6.72. The van der Waals surface area contributed by atoms with Gasteiger partial charge in [-0.2, -0.15) is 0 Å². The number of rotatable bonds is 8. The predicted octanol–water partition coefficient (Wildman–Crippen LogP) is 0.720. The first kappa shape index (κ1) is 14.8. The van der Waals surface area contributed by atoms with Crippen LogP contribution in [0.25, 0.3) is 0 Å². The maximum atomic E-state index is 10.6. The van der Waals surface area contributed by atoms with Gasteiger partial charge in [-0.1, -0.05) is 12.1 Å². The van der Waals surface area contributed by atoms with E-state index in [2.05, 4.69) is 11.9 Å². The van der Waals surface area contributed by atoms with Crippen LogP contribution in [0, 0.1) is 5.92 Å². The van der Waals surface area contributed by atoms with Gasteiger partial charge in [-0.15, -0.1) is 0 Å². The third-order valence-electron chi connectivity index (χ3n) is 3.71. The molecule has 110 valence electrons. The smallest absolute Gasteiger partial charge is 0.255 e. The van der Waals surface area contributed by atoms with Crippen LogP contribution in [-0.4, -0.2) is 37.0 Å². The summed E-state index contributed by atoms with van der Waals surface area (Å²) in [5, 5.41) is 0. The van der Waals surface area contributed by atoms with Crippen LogP contribution in [0.1, 0.15) is 18.4 Å². The molecule has 1 aliphatic carbocycles. The van der Waals surface area contributed by atoms with E-state index < -0.39 is 5.91 Å². The van der Waals surface area contributed by atoms with Gasteiger partial charge in [0.25, 0.3) is 5.91 Å². The molecule has 0 heterocycles. The lowest BCUT2D eigenvalue weighted by atomic mass is 10.1. The van der Waals surface area contributed by atoms with Gasteiger partial charge in [0.05, 0.1) is 0 Å². The van der Waals surface area contributed by atoms with E-state index in [0.29, 0.717) is 18.3 Å². The Kier molecular flexibility index (Phi) is 4.98. The van der Waals surface area contributed by atoms with Crippen LogP contribution in [0.3, 0.4) is 0 Å². The van der Waals surface area contributed by atoms with Gasteiger partial charge in [-0.25, -0.2) is 0 Å². The van der Waals surface area contributed by atoms with Crippen molar-refractivity contribution in [3.05, 3.63) is 29.8 Å². The van der Waals surface area contributed by atoms with Gasteiger partial charge >= 0.3 is 0 Å². The number of amides is 1. The third-order valence-corrected chi connectivity index (χ3v) is 3.71. The first-order valence-electron chi connectivity index (χ1n) is 7.00. The monoisotopic (exact) mass is 277 g/mol. The van der Waals surface area contributed by atoms with E-state index in [4.69, 9.17) is 16.2 Å². The molecule has 1 saturated carbocycles. The highest BCUT2D eigenvalue weighted by atomic mass is 16.5. The number of nitrogens with zero attached hydrogens (tertiary/aromatic N) is 1. The van der Waals surface area contributed by atoms with Crippen molar-refractivity contribution in [2.24, 2.45) is 17.4 Å². The summed E-state index contributed by atoms with van der Waals surface area (Å²) in [5.41, 5.74) is 12.1. The largest absolute Gasteiger partial charge is 0.484 e. The average molecular weight is 277 g/mol. The van der Waals surface area contributed by atoms with Crippen LogP contribution in [0.5, 0.6) is 5.75 Å². The molecule has 0 radical (unpaired) electrons. The highest BCUT2D eigenvalue weighted by molar-refractivity contribution is 5.75. The molecule has 0 spiro atoms. The standard InChI is InChI=1S/C15H23N3O2/c1-18(14(8-16)12-4-5-12)9-11-2-6-13(7-3-11)20-10-15(17)19/h2-3,6-7,12,14H,4-5,8-10,16H2,1H3,(H2,17,19). The molecule has 0 bridgehead atoms. The molecular weight excluding hydrogens is 254 g/mol. The maximum absolute atomic E-state index is 10.6. The number of hydrogen-bond acceptors (Lipinski definition) is 4. The zero-order chi connectivity index (χ0) is 14.5. The van der Waals surface area contributed by atoms with Crippen LogP contribution in [-0.2, 0) is 11.3 Å². The second-order valence-corrected chi connectivity index (χ2v) is 5.45. The molecule has 1 aromatic rings. The van der Waals surface area contributed by atoms with Crippen molar-refractivity contribution >= 4 is 5.91 Å². The highest BCUT2D eigenvalue weighted by Crippen LogP contribution is 2.34. The zero-order valence-corrected chi connectivity index (χ0v) is 11.9. The van der Waals surface area contributed by atoms with E-state index in [1.54, 1.807) is 0 Å². The second-order valence-electron chi connectivity index (χ2n) is 5.45. The molecule has 20 heavy (non-hydrogen) atoms. The summed E-state index contributed by atoms with van der Waals surface area (Å²) < 4.78 is 5.24. The Morgan fingerprint density at radius 1 is 1.40 bits per heavy atom. The number of carbonyl (C=O) groups excluding carboxylic acids is 1. The lowest BCUT2D eigenvalue weighted by molar-refractivity contribution is -0.119. The molecule has 0 saturated heterocycles. The molecule has 1 unspecified atom stereocenters. The minimum atomic E-state index is -0.468. The first-order chi connectivity index (χ1) is 9.60. The Bertz CT molecular complexity index is 443. The predicted molar refractivity (Wildman–Crippen MR) is 78.2 cm³/mol. The molecule has 1 aliphatic rings. The Hall–Kier alpha value is -1.59. The van der Waals surface area contributed by atoms with Gasteiger partial charge in [0.2, 0.25) is 0 Å². The van der Waals surface area contributed by atoms with E-state index in [0.717, 1.165) is 12.5 Å². The number of ether oxygens (including phenoxy) is 1. The highest BCUT2D eigenvalue weighted by Gasteiger charge is 2.32. The van der Waals surface area contributed by atoms with Gasteiger partial charge in [0.1, 0.15) is 5.75 Å². The van der Waals surface area contributed by atoms with Crippen LogP contribution in [0.2, 0.25) is 0 Å². The number of likely N-dealkylation sites (N-methyl/N-ethyl adjacent to an activating group) is 1. The Morgan fingerprint density at radius 2 is 2.05 bits per heavy atom. The molecule has 1 atom stereocenters. The van der Waals surface area contributed by atoms with Crippen molar-refractivity contribution in [3.8, 4) is 5.75 Å². The molecule has 1 aromatic carbocycles. The van der Waals surface area contributed by atoms with E-state index in [1.807, 2.05) is 24.3 Å². The van der Waals surface area contributed by atoms with Crippen LogP contribution in [0.4, 0.5) is 0 Å². The maximum Gasteiger partial charge on any atom is 0.255 e. The Labute approximate surface area is 119 Å². The Morgan fingerprint density at radius 3 is 2.55 bits per heavy atom. The zero-order valence-electron chi connectivity index (χ0n) is 11.9. The normalized spacial score (nSPS) is 16.1. The lowest BCUT2D eigenvalue weighted by Gasteiger charge is -2.27. The Balaban J connectivity index is 1.87. The molecule has 1 fully saturated rings. The summed E-state index contributed by atoms with van der Waals surface area (Å²) >= 11 is 0.